The fourth-order valence-corrected chi connectivity index (χ4v) is 4.14. The van der Waals surface area contributed by atoms with E-state index in [0.717, 1.165) is 11.1 Å². The van der Waals surface area contributed by atoms with Gasteiger partial charge in [0.15, 0.2) is 11.5 Å². The van der Waals surface area contributed by atoms with Crippen LogP contribution in [0.5, 0.6) is 11.5 Å². The van der Waals surface area contributed by atoms with Crippen LogP contribution in [0.15, 0.2) is 45.8 Å². The first kappa shape index (κ1) is 17.8. The highest BCUT2D eigenvalue weighted by molar-refractivity contribution is 9.10. The molecule has 0 aliphatic heterocycles. The zero-order chi connectivity index (χ0) is 17.0. The predicted octanol–water partition coefficient (Wildman–Crippen LogP) is 3.25. The van der Waals surface area contributed by atoms with Gasteiger partial charge in [-0.3, -0.25) is 0 Å². The third kappa shape index (κ3) is 4.04. The van der Waals surface area contributed by atoms with E-state index in [1.54, 1.807) is 6.07 Å². The Kier molecular flexibility index (Phi) is 5.67. The largest absolute Gasteiger partial charge is 0.493 e. The molecule has 0 aliphatic carbocycles. The van der Waals surface area contributed by atoms with Crippen LogP contribution in [-0.2, 0) is 16.6 Å². The standard InChI is InChI=1S/C16H18BrNO4S/c1-11-6-4-5-7-12(11)10-18-23(19,20)16-9-15(22-3)14(21-2)8-13(16)17/h4-9,18H,10H2,1-3H3. The molecule has 1 N–H and O–H groups in total. The van der Waals surface area contributed by atoms with Gasteiger partial charge in [0.25, 0.3) is 0 Å². The van der Waals surface area contributed by atoms with Crippen molar-refractivity contribution in [3.8, 4) is 11.5 Å². The van der Waals surface area contributed by atoms with Gasteiger partial charge in [-0.25, -0.2) is 13.1 Å². The summed E-state index contributed by atoms with van der Waals surface area (Å²) >= 11 is 3.27. The average molecular weight is 400 g/mol. The normalized spacial score (nSPS) is 11.3. The lowest BCUT2D eigenvalue weighted by molar-refractivity contribution is 0.353. The molecule has 0 aliphatic rings. The van der Waals surface area contributed by atoms with Crippen LogP contribution in [-0.4, -0.2) is 22.6 Å². The number of hydrogen-bond donors (Lipinski definition) is 1. The number of methoxy groups -OCH3 is 2. The second kappa shape index (κ2) is 7.33. The van der Waals surface area contributed by atoms with Gasteiger partial charge in [-0.1, -0.05) is 24.3 Å². The molecule has 2 aromatic carbocycles. The Bertz CT molecular complexity index is 806. The highest BCUT2D eigenvalue weighted by atomic mass is 79.9. The van der Waals surface area contributed by atoms with Gasteiger partial charge >= 0.3 is 0 Å². The second-order valence-electron chi connectivity index (χ2n) is 4.89. The fourth-order valence-electron chi connectivity index (χ4n) is 2.10. The summed E-state index contributed by atoms with van der Waals surface area (Å²) in [6.45, 7) is 2.16. The molecule has 0 heterocycles. The Morgan fingerprint density at radius 1 is 1.09 bits per heavy atom. The lowest BCUT2D eigenvalue weighted by atomic mass is 10.1. The molecule has 0 aromatic heterocycles. The molecule has 2 aromatic rings. The van der Waals surface area contributed by atoms with E-state index in [4.69, 9.17) is 9.47 Å². The number of nitrogens with one attached hydrogen (secondary N) is 1. The molecule has 0 unspecified atom stereocenters. The van der Waals surface area contributed by atoms with Gasteiger partial charge in [-0.2, -0.15) is 0 Å². The van der Waals surface area contributed by atoms with Gasteiger partial charge in [-0.05, 0) is 40.0 Å². The van der Waals surface area contributed by atoms with Crippen LogP contribution in [0.25, 0.3) is 0 Å². The Hall–Kier alpha value is -1.57. The van der Waals surface area contributed by atoms with Crippen molar-refractivity contribution in [2.45, 2.75) is 18.4 Å². The molecule has 0 fully saturated rings. The first-order valence-corrected chi connectivity index (χ1v) is 9.12. The number of ether oxygens (including phenoxy) is 2. The van der Waals surface area contributed by atoms with Crippen LogP contribution in [0.1, 0.15) is 11.1 Å². The molecule has 0 spiro atoms. The topological polar surface area (TPSA) is 64.6 Å². The molecule has 2 rings (SSSR count). The lowest BCUT2D eigenvalue weighted by Crippen LogP contribution is -2.24. The smallest absolute Gasteiger partial charge is 0.242 e. The van der Waals surface area contributed by atoms with Gasteiger partial charge < -0.3 is 9.47 Å². The SMILES string of the molecule is COc1cc(Br)c(S(=O)(=O)NCc2ccccc2C)cc1OC. The summed E-state index contributed by atoms with van der Waals surface area (Å²) in [5.41, 5.74) is 1.95. The summed E-state index contributed by atoms with van der Waals surface area (Å²) in [5.74, 6) is 0.809. The number of halogens is 1. The Balaban J connectivity index is 2.31. The molecule has 0 amide bonds. The number of aryl methyl sites for hydroxylation is 1. The van der Waals surface area contributed by atoms with Gasteiger partial charge in [0.05, 0.1) is 14.2 Å². The van der Waals surface area contributed by atoms with E-state index in [1.807, 2.05) is 31.2 Å². The minimum Gasteiger partial charge on any atom is -0.493 e. The van der Waals surface area contributed by atoms with Crippen molar-refractivity contribution in [3.05, 3.63) is 52.0 Å². The van der Waals surface area contributed by atoms with Crippen LogP contribution in [0, 0.1) is 6.92 Å². The quantitative estimate of drug-likeness (QED) is 0.809. The predicted molar refractivity (Wildman–Crippen MR) is 92.5 cm³/mol. The molecule has 5 nitrogen and oxygen atoms in total. The van der Waals surface area contributed by atoms with Crippen molar-refractivity contribution in [2.24, 2.45) is 0 Å². The highest BCUT2D eigenvalue weighted by Gasteiger charge is 2.21. The first-order valence-electron chi connectivity index (χ1n) is 6.84. The summed E-state index contributed by atoms with van der Waals surface area (Å²) in [7, 11) is -0.740. The Morgan fingerprint density at radius 2 is 1.70 bits per heavy atom. The number of sulfonamides is 1. The van der Waals surface area contributed by atoms with E-state index >= 15 is 0 Å². The molecule has 23 heavy (non-hydrogen) atoms. The van der Waals surface area contributed by atoms with E-state index in [9.17, 15) is 8.42 Å². The zero-order valence-corrected chi connectivity index (χ0v) is 15.5. The summed E-state index contributed by atoms with van der Waals surface area (Å²) in [6.07, 6.45) is 0. The average Bonchev–Trinajstić information content (AvgIpc) is 2.53. The Labute approximate surface area is 144 Å². The van der Waals surface area contributed by atoms with Gasteiger partial charge in [-0.15, -0.1) is 0 Å². The van der Waals surface area contributed by atoms with Crippen LogP contribution < -0.4 is 14.2 Å². The monoisotopic (exact) mass is 399 g/mol. The number of benzene rings is 2. The summed E-state index contributed by atoms with van der Waals surface area (Å²) in [6, 6.07) is 10.6. The maximum Gasteiger partial charge on any atom is 0.242 e. The fraction of sp³-hybridized carbons (Fsp3) is 0.250. The van der Waals surface area contributed by atoms with Gasteiger partial charge in [0.2, 0.25) is 10.0 Å². The van der Waals surface area contributed by atoms with Gasteiger partial charge in [0, 0.05) is 17.1 Å². The molecule has 0 radical (unpaired) electrons. The summed E-state index contributed by atoms with van der Waals surface area (Å²) in [4.78, 5) is 0.101. The van der Waals surface area contributed by atoms with Crippen molar-refractivity contribution in [1.82, 2.24) is 4.72 Å². The highest BCUT2D eigenvalue weighted by Crippen LogP contribution is 2.35. The Morgan fingerprint density at radius 3 is 2.30 bits per heavy atom. The summed E-state index contributed by atoms with van der Waals surface area (Å²) < 4.78 is 38.5. The number of hydrogen-bond acceptors (Lipinski definition) is 4. The molecular weight excluding hydrogens is 382 g/mol. The maximum absolute atomic E-state index is 12.6. The third-order valence-corrected chi connectivity index (χ3v) is 5.80. The van der Waals surface area contributed by atoms with Crippen LogP contribution in [0.3, 0.4) is 0 Å². The van der Waals surface area contributed by atoms with E-state index in [1.165, 1.54) is 20.3 Å². The van der Waals surface area contributed by atoms with Crippen LogP contribution in [0.4, 0.5) is 0 Å². The molecular formula is C16H18BrNO4S. The summed E-state index contributed by atoms with van der Waals surface area (Å²) in [5, 5.41) is 0. The van der Waals surface area contributed by atoms with E-state index in [0.29, 0.717) is 16.0 Å². The molecule has 7 heteroatoms. The third-order valence-electron chi connectivity index (χ3n) is 3.44. The van der Waals surface area contributed by atoms with Crippen LogP contribution in [0.2, 0.25) is 0 Å². The van der Waals surface area contributed by atoms with E-state index in [2.05, 4.69) is 20.7 Å². The van der Waals surface area contributed by atoms with Crippen molar-refractivity contribution >= 4 is 26.0 Å². The van der Waals surface area contributed by atoms with Crippen LogP contribution >= 0.6 is 15.9 Å². The maximum atomic E-state index is 12.6. The van der Waals surface area contributed by atoms with Crippen molar-refractivity contribution in [1.29, 1.82) is 0 Å². The first-order chi connectivity index (χ1) is 10.9. The molecule has 0 saturated heterocycles. The second-order valence-corrected chi connectivity index (χ2v) is 7.48. The number of rotatable bonds is 6. The van der Waals surface area contributed by atoms with E-state index < -0.39 is 10.0 Å². The minimum atomic E-state index is -3.70. The molecule has 124 valence electrons. The molecule has 0 bridgehead atoms. The molecule has 0 saturated carbocycles. The zero-order valence-electron chi connectivity index (χ0n) is 13.1. The van der Waals surface area contributed by atoms with E-state index in [-0.39, 0.29) is 11.4 Å². The molecule has 0 atom stereocenters. The van der Waals surface area contributed by atoms with Crippen molar-refractivity contribution < 1.29 is 17.9 Å². The lowest BCUT2D eigenvalue weighted by Gasteiger charge is -2.13. The van der Waals surface area contributed by atoms with Crippen molar-refractivity contribution in [3.63, 3.8) is 0 Å². The minimum absolute atomic E-state index is 0.101. The van der Waals surface area contributed by atoms with Crippen molar-refractivity contribution in [2.75, 3.05) is 14.2 Å². The van der Waals surface area contributed by atoms with Gasteiger partial charge in [0.1, 0.15) is 4.90 Å².